The number of carbonyl (C=O) groups excluding carboxylic acids is 2. The number of rotatable bonds is 4. The molecule has 0 bridgehead atoms. The smallest absolute Gasteiger partial charge is 0.329 e. The van der Waals surface area contributed by atoms with Crippen LogP contribution in [0.3, 0.4) is 0 Å². The zero-order valence-corrected chi connectivity index (χ0v) is 10.1. The van der Waals surface area contributed by atoms with E-state index in [0.717, 1.165) is 0 Å². The first-order chi connectivity index (χ1) is 8.10. The molecule has 0 unspecified atom stereocenters. The molecule has 0 radical (unpaired) electrons. The maximum atomic E-state index is 11.7. The zero-order valence-electron chi connectivity index (χ0n) is 9.21. The lowest BCUT2D eigenvalue weighted by Crippen LogP contribution is -2.42. The maximum absolute atomic E-state index is 11.7. The topological polar surface area (TPSA) is 75.6 Å². The second-order valence-electron chi connectivity index (χ2n) is 3.25. The van der Waals surface area contributed by atoms with Crippen molar-refractivity contribution in [3.05, 3.63) is 29.8 Å². The van der Waals surface area contributed by atoms with Gasteiger partial charge >= 0.3 is 5.97 Å². The Morgan fingerprint density at radius 3 is 2.65 bits per heavy atom. The van der Waals surface area contributed by atoms with Gasteiger partial charge in [0.2, 0.25) is 0 Å². The summed E-state index contributed by atoms with van der Waals surface area (Å²) in [4.78, 5) is 23.0. The van der Waals surface area contributed by atoms with E-state index in [1.54, 1.807) is 12.1 Å². The van der Waals surface area contributed by atoms with E-state index in [0.29, 0.717) is 0 Å². The van der Waals surface area contributed by atoms with E-state index in [1.807, 2.05) is 0 Å². The molecule has 1 atom stereocenters. The second kappa shape index (κ2) is 6.15. The Kier molecular flexibility index (Phi) is 4.84. The first kappa shape index (κ1) is 13.4. The van der Waals surface area contributed by atoms with Crippen LogP contribution in [0, 0.1) is 0 Å². The molecule has 0 aliphatic carbocycles. The summed E-state index contributed by atoms with van der Waals surface area (Å²) in [7, 11) is 1.23. The highest BCUT2D eigenvalue weighted by molar-refractivity contribution is 7.80. The highest BCUT2D eigenvalue weighted by Gasteiger charge is 2.21. The van der Waals surface area contributed by atoms with Crippen LogP contribution in [0.5, 0.6) is 5.75 Å². The number of amides is 1. The van der Waals surface area contributed by atoms with Gasteiger partial charge in [-0.25, -0.2) is 4.79 Å². The van der Waals surface area contributed by atoms with Crippen LogP contribution in [0.15, 0.2) is 24.3 Å². The SMILES string of the molecule is COC(=O)[C@H](CS)NC(=O)c1ccccc1O. The molecule has 2 N–H and O–H groups in total. The van der Waals surface area contributed by atoms with Crippen LogP contribution in [0.1, 0.15) is 10.4 Å². The third-order valence-corrected chi connectivity index (χ3v) is 2.49. The molecule has 1 aromatic rings. The van der Waals surface area contributed by atoms with Crippen molar-refractivity contribution in [3.8, 4) is 5.75 Å². The van der Waals surface area contributed by atoms with Gasteiger partial charge in [0.15, 0.2) is 0 Å². The van der Waals surface area contributed by atoms with Crippen molar-refractivity contribution in [3.63, 3.8) is 0 Å². The number of para-hydroxylation sites is 1. The summed E-state index contributed by atoms with van der Waals surface area (Å²) in [6.45, 7) is 0. The molecule has 6 heteroatoms. The third kappa shape index (κ3) is 3.39. The molecule has 92 valence electrons. The van der Waals surface area contributed by atoms with Gasteiger partial charge in [0, 0.05) is 5.75 Å². The van der Waals surface area contributed by atoms with E-state index in [9.17, 15) is 14.7 Å². The van der Waals surface area contributed by atoms with Crippen molar-refractivity contribution in [2.45, 2.75) is 6.04 Å². The van der Waals surface area contributed by atoms with Crippen molar-refractivity contribution in [1.29, 1.82) is 0 Å². The molecule has 0 aliphatic heterocycles. The summed E-state index contributed by atoms with van der Waals surface area (Å²) >= 11 is 3.94. The van der Waals surface area contributed by atoms with Crippen molar-refractivity contribution < 1.29 is 19.4 Å². The number of ether oxygens (including phenoxy) is 1. The number of carbonyl (C=O) groups is 2. The molecule has 0 spiro atoms. The fraction of sp³-hybridized carbons (Fsp3) is 0.273. The van der Waals surface area contributed by atoms with Crippen LogP contribution in [0.4, 0.5) is 0 Å². The number of phenolic OH excluding ortho intramolecular Hbond substituents is 1. The standard InChI is InChI=1S/C11H13NO4S/c1-16-11(15)8(6-17)12-10(14)7-4-2-3-5-9(7)13/h2-5,8,13,17H,6H2,1H3,(H,12,14)/t8-/m0/s1. The number of methoxy groups -OCH3 is 1. The van der Waals surface area contributed by atoms with Crippen LogP contribution < -0.4 is 5.32 Å². The molecule has 1 rings (SSSR count). The van der Waals surface area contributed by atoms with Crippen LogP contribution in [0.25, 0.3) is 0 Å². The highest BCUT2D eigenvalue weighted by atomic mass is 32.1. The quantitative estimate of drug-likeness (QED) is 0.544. The number of hydrogen-bond acceptors (Lipinski definition) is 5. The monoisotopic (exact) mass is 255 g/mol. The molecule has 0 aliphatic rings. The Morgan fingerprint density at radius 1 is 1.47 bits per heavy atom. The second-order valence-corrected chi connectivity index (χ2v) is 3.61. The predicted octanol–water partition coefficient (Wildman–Crippen LogP) is 0.593. The van der Waals surface area contributed by atoms with Gasteiger partial charge in [0.25, 0.3) is 5.91 Å². The molecular weight excluding hydrogens is 242 g/mol. The molecule has 0 aromatic heterocycles. The summed E-state index contributed by atoms with van der Waals surface area (Å²) in [5.41, 5.74) is 0.100. The van der Waals surface area contributed by atoms with E-state index < -0.39 is 17.9 Å². The van der Waals surface area contributed by atoms with Gasteiger partial charge in [-0.15, -0.1) is 0 Å². The first-order valence-corrected chi connectivity index (χ1v) is 5.51. The molecule has 1 aromatic carbocycles. The molecule has 0 saturated carbocycles. The molecule has 17 heavy (non-hydrogen) atoms. The largest absolute Gasteiger partial charge is 0.507 e. The van der Waals surface area contributed by atoms with Crippen molar-refractivity contribution >= 4 is 24.5 Å². The summed E-state index contributed by atoms with van der Waals surface area (Å²) in [6, 6.07) is 5.22. The van der Waals surface area contributed by atoms with E-state index in [4.69, 9.17) is 0 Å². The lowest BCUT2D eigenvalue weighted by atomic mass is 10.2. The van der Waals surface area contributed by atoms with E-state index in [-0.39, 0.29) is 17.1 Å². The van der Waals surface area contributed by atoms with Gasteiger partial charge in [0.1, 0.15) is 11.8 Å². The van der Waals surface area contributed by atoms with Crippen molar-refractivity contribution in [2.24, 2.45) is 0 Å². The molecular formula is C11H13NO4S. The van der Waals surface area contributed by atoms with Gasteiger partial charge in [-0.2, -0.15) is 12.6 Å². The van der Waals surface area contributed by atoms with E-state index >= 15 is 0 Å². The van der Waals surface area contributed by atoms with E-state index in [2.05, 4.69) is 22.7 Å². The first-order valence-electron chi connectivity index (χ1n) is 4.87. The van der Waals surface area contributed by atoms with Gasteiger partial charge in [0.05, 0.1) is 12.7 Å². The maximum Gasteiger partial charge on any atom is 0.329 e. The predicted molar refractivity (Wildman–Crippen MR) is 65.2 cm³/mol. The minimum Gasteiger partial charge on any atom is -0.507 e. The minimum atomic E-state index is -0.838. The van der Waals surface area contributed by atoms with Crippen molar-refractivity contribution in [2.75, 3.05) is 12.9 Å². The molecule has 0 saturated heterocycles. The Morgan fingerprint density at radius 2 is 2.12 bits per heavy atom. The minimum absolute atomic E-state index is 0.100. The number of benzene rings is 1. The van der Waals surface area contributed by atoms with Crippen LogP contribution in [-0.4, -0.2) is 35.9 Å². The Hall–Kier alpha value is -1.69. The van der Waals surface area contributed by atoms with Gasteiger partial charge in [-0.05, 0) is 12.1 Å². The number of hydrogen-bond donors (Lipinski definition) is 3. The number of thiol groups is 1. The van der Waals surface area contributed by atoms with Crippen molar-refractivity contribution in [1.82, 2.24) is 5.32 Å². The van der Waals surface area contributed by atoms with Gasteiger partial charge in [-0.3, -0.25) is 4.79 Å². The Bertz CT molecular complexity index is 422. The van der Waals surface area contributed by atoms with Gasteiger partial charge in [-0.1, -0.05) is 12.1 Å². The molecule has 0 heterocycles. The van der Waals surface area contributed by atoms with Crippen LogP contribution >= 0.6 is 12.6 Å². The Labute approximate surface area is 104 Å². The summed E-state index contributed by atoms with van der Waals surface area (Å²) in [5, 5.41) is 11.9. The number of nitrogens with one attached hydrogen (secondary N) is 1. The summed E-state index contributed by atoms with van der Waals surface area (Å²) in [6.07, 6.45) is 0. The fourth-order valence-corrected chi connectivity index (χ4v) is 1.46. The summed E-state index contributed by atoms with van der Waals surface area (Å²) < 4.78 is 4.51. The normalized spacial score (nSPS) is 11.6. The van der Waals surface area contributed by atoms with Crippen LogP contribution in [0.2, 0.25) is 0 Å². The lowest BCUT2D eigenvalue weighted by Gasteiger charge is -2.14. The molecule has 1 amide bonds. The highest BCUT2D eigenvalue weighted by Crippen LogP contribution is 2.15. The number of phenols is 1. The number of esters is 1. The molecule has 0 fully saturated rings. The average molecular weight is 255 g/mol. The average Bonchev–Trinajstić information content (AvgIpc) is 2.35. The number of aromatic hydroxyl groups is 1. The third-order valence-electron chi connectivity index (χ3n) is 2.12. The lowest BCUT2D eigenvalue weighted by molar-refractivity contribution is -0.142. The van der Waals surface area contributed by atoms with E-state index in [1.165, 1.54) is 19.2 Å². The van der Waals surface area contributed by atoms with Crippen LogP contribution in [-0.2, 0) is 9.53 Å². The molecule has 5 nitrogen and oxygen atoms in total. The summed E-state index contributed by atoms with van der Waals surface area (Å²) in [5.74, 6) is -1.16. The fourth-order valence-electron chi connectivity index (χ4n) is 1.22. The Balaban J connectivity index is 2.78. The zero-order chi connectivity index (χ0) is 12.8. The van der Waals surface area contributed by atoms with Gasteiger partial charge < -0.3 is 15.2 Å².